The lowest BCUT2D eigenvalue weighted by Crippen LogP contribution is -2.26. The molecule has 0 atom stereocenters. The maximum atomic E-state index is 12.6. The molecule has 0 saturated carbocycles. The topological polar surface area (TPSA) is 110 Å². The summed E-state index contributed by atoms with van der Waals surface area (Å²) in [4.78, 5) is 40.1. The van der Waals surface area contributed by atoms with Gasteiger partial charge in [-0.05, 0) is 29.8 Å². The lowest BCUT2D eigenvalue weighted by molar-refractivity contribution is 0.0945. The monoisotopic (exact) mass is 433 g/mol. The van der Waals surface area contributed by atoms with Crippen LogP contribution in [0.1, 0.15) is 27.6 Å². The van der Waals surface area contributed by atoms with E-state index in [4.69, 9.17) is 4.74 Å². The molecular formula is C22H19N5O3S. The van der Waals surface area contributed by atoms with Gasteiger partial charge in [0, 0.05) is 35.8 Å². The zero-order chi connectivity index (χ0) is 21.6. The third-order valence-corrected chi connectivity index (χ3v) is 5.40. The average Bonchev–Trinajstić information content (AvgIpc) is 3.27. The number of pyridine rings is 1. The van der Waals surface area contributed by atoms with Crippen LogP contribution in [0.5, 0.6) is 5.75 Å². The first kappa shape index (κ1) is 20.4. The summed E-state index contributed by atoms with van der Waals surface area (Å²) in [5.41, 5.74) is 2.33. The van der Waals surface area contributed by atoms with Gasteiger partial charge in [0.15, 0.2) is 0 Å². The molecule has 31 heavy (non-hydrogen) atoms. The predicted octanol–water partition coefficient (Wildman–Crippen LogP) is 2.82. The number of carbonyl (C=O) groups excluding carboxylic acids is 1. The van der Waals surface area contributed by atoms with Gasteiger partial charge in [-0.15, -0.1) is 11.3 Å². The standard InChI is InChI=1S/C22H19N5O3S/c1-30-17-4-2-14(3-5-17)10-19-26-18(11-20(28)27-19)21(29)24-12-16-13-31-22(25-16)15-6-8-23-9-7-15/h2-9,11,13H,10,12H2,1H3,(H,24,29)(H,26,27,28). The number of H-pyrrole nitrogens is 1. The van der Waals surface area contributed by atoms with Crippen LogP contribution >= 0.6 is 11.3 Å². The van der Waals surface area contributed by atoms with Gasteiger partial charge in [-0.25, -0.2) is 9.97 Å². The lowest BCUT2D eigenvalue weighted by atomic mass is 10.1. The number of nitrogens with zero attached hydrogens (tertiary/aromatic N) is 3. The maximum Gasteiger partial charge on any atom is 0.270 e. The number of ether oxygens (including phenoxy) is 1. The molecule has 4 aromatic rings. The van der Waals surface area contributed by atoms with Gasteiger partial charge in [0.25, 0.3) is 11.5 Å². The van der Waals surface area contributed by atoms with Crippen molar-refractivity contribution in [2.45, 2.75) is 13.0 Å². The summed E-state index contributed by atoms with van der Waals surface area (Å²) < 4.78 is 5.15. The van der Waals surface area contributed by atoms with E-state index in [1.54, 1.807) is 19.5 Å². The number of nitrogens with one attached hydrogen (secondary N) is 2. The van der Waals surface area contributed by atoms with E-state index in [0.717, 1.165) is 27.6 Å². The quantitative estimate of drug-likeness (QED) is 0.464. The first-order valence-electron chi connectivity index (χ1n) is 9.47. The van der Waals surface area contributed by atoms with E-state index in [2.05, 4.69) is 25.3 Å². The van der Waals surface area contributed by atoms with Gasteiger partial charge in [-0.2, -0.15) is 0 Å². The molecule has 3 aromatic heterocycles. The first-order chi connectivity index (χ1) is 15.1. The van der Waals surface area contributed by atoms with E-state index >= 15 is 0 Å². The minimum Gasteiger partial charge on any atom is -0.497 e. The molecule has 0 saturated heterocycles. The van der Waals surface area contributed by atoms with Gasteiger partial charge in [0.1, 0.15) is 22.3 Å². The predicted molar refractivity (Wildman–Crippen MR) is 117 cm³/mol. The number of rotatable bonds is 7. The highest BCUT2D eigenvalue weighted by Gasteiger charge is 2.12. The van der Waals surface area contributed by atoms with Gasteiger partial charge in [0.2, 0.25) is 0 Å². The van der Waals surface area contributed by atoms with Gasteiger partial charge in [-0.3, -0.25) is 14.6 Å². The second-order valence-corrected chi connectivity index (χ2v) is 7.52. The van der Waals surface area contributed by atoms with Crippen LogP contribution in [0, 0.1) is 0 Å². The van der Waals surface area contributed by atoms with E-state index in [0.29, 0.717) is 12.2 Å². The second kappa shape index (κ2) is 9.31. The number of benzene rings is 1. The van der Waals surface area contributed by atoms with Crippen molar-refractivity contribution in [3.05, 3.63) is 93.4 Å². The van der Waals surface area contributed by atoms with Crippen LogP contribution in [0.25, 0.3) is 10.6 Å². The molecule has 4 rings (SSSR count). The van der Waals surface area contributed by atoms with Crippen LogP contribution < -0.4 is 15.6 Å². The zero-order valence-electron chi connectivity index (χ0n) is 16.7. The highest BCUT2D eigenvalue weighted by Crippen LogP contribution is 2.22. The van der Waals surface area contributed by atoms with Crippen molar-refractivity contribution >= 4 is 17.2 Å². The number of hydrogen-bond acceptors (Lipinski definition) is 7. The Morgan fingerprint density at radius 2 is 1.90 bits per heavy atom. The fourth-order valence-corrected chi connectivity index (χ4v) is 3.75. The van der Waals surface area contributed by atoms with Gasteiger partial charge < -0.3 is 15.0 Å². The number of amides is 1. The van der Waals surface area contributed by atoms with Crippen molar-refractivity contribution < 1.29 is 9.53 Å². The van der Waals surface area contributed by atoms with Crippen LogP contribution in [0.2, 0.25) is 0 Å². The summed E-state index contributed by atoms with van der Waals surface area (Å²) in [5, 5.41) is 5.51. The molecule has 0 bridgehead atoms. The number of aromatic nitrogens is 4. The van der Waals surface area contributed by atoms with Crippen molar-refractivity contribution in [1.82, 2.24) is 25.3 Å². The Morgan fingerprint density at radius 1 is 1.13 bits per heavy atom. The molecular weight excluding hydrogens is 414 g/mol. The van der Waals surface area contributed by atoms with Crippen LogP contribution in [-0.2, 0) is 13.0 Å². The summed E-state index contributed by atoms with van der Waals surface area (Å²) in [6.07, 6.45) is 3.81. The van der Waals surface area contributed by atoms with Crippen molar-refractivity contribution in [3.8, 4) is 16.3 Å². The molecule has 156 valence electrons. The molecule has 9 heteroatoms. The van der Waals surface area contributed by atoms with Gasteiger partial charge >= 0.3 is 0 Å². The molecule has 0 aliphatic rings. The Bertz CT molecular complexity index is 1240. The van der Waals surface area contributed by atoms with Crippen LogP contribution in [-0.4, -0.2) is 33.0 Å². The normalized spacial score (nSPS) is 10.6. The summed E-state index contributed by atoms with van der Waals surface area (Å²) in [6.45, 7) is 0.239. The SMILES string of the molecule is COc1ccc(Cc2nc(C(=O)NCc3csc(-c4ccncc4)n3)cc(=O)[nH]2)cc1. The Balaban J connectivity index is 1.42. The molecule has 1 aromatic carbocycles. The molecule has 0 radical (unpaired) electrons. The van der Waals surface area contributed by atoms with E-state index in [-0.39, 0.29) is 17.8 Å². The second-order valence-electron chi connectivity index (χ2n) is 6.66. The van der Waals surface area contributed by atoms with Crippen LogP contribution in [0.4, 0.5) is 0 Å². The number of thiazole rings is 1. The molecule has 0 aliphatic carbocycles. The Hall–Kier alpha value is -3.85. The van der Waals surface area contributed by atoms with Crippen molar-refractivity contribution in [3.63, 3.8) is 0 Å². The third-order valence-electron chi connectivity index (χ3n) is 4.46. The van der Waals surface area contributed by atoms with E-state index in [1.807, 2.05) is 41.8 Å². The van der Waals surface area contributed by atoms with E-state index in [1.165, 1.54) is 17.4 Å². The van der Waals surface area contributed by atoms with Crippen molar-refractivity contribution in [1.29, 1.82) is 0 Å². The maximum absolute atomic E-state index is 12.6. The Labute approximate surface area is 182 Å². The molecule has 0 fully saturated rings. The minimum absolute atomic E-state index is 0.0665. The molecule has 1 amide bonds. The summed E-state index contributed by atoms with van der Waals surface area (Å²) >= 11 is 1.49. The average molecular weight is 433 g/mol. The molecule has 0 spiro atoms. The summed E-state index contributed by atoms with van der Waals surface area (Å²) in [5.74, 6) is 0.726. The summed E-state index contributed by atoms with van der Waals surface area (Å²) in [7, 11) is 1.60. The van der Waals surface area contributed by atoms with Gasteiger partial charge in [-0.1, -0.05) is 12.1 Å². The number of methoxy groups -OCH3 is 1. The number of aromatic amines is 1. The van der Waals surface area contributed by atoms with Crippen LogP contribution in [0.3, 0.4) is 0 Å². The Kier molecular flexibility index (Phi) is 6.13. The number of hydrogen-bond donors (Lipinski definition) is 2. The fraction of sp³-hybridized carbons (Fsp3) is 0.136. The van der Waals surface area contributed by atoms with Gasteiger partial charge in [0.05, 0.1) is 19.3 Å². The Morgan fingerprint density at radius 3 is 2.65 bits per heavy atom. The highest BCUT2D eigenvalue weighted by molar-refractivity contribution is 7.13. The molecule has 8 nitrogen and oxygen atoms in total. The molecule has 3 heterocycles. The zero-order valence-corrected chi connectivity index (χ0v) is 17.5. The number of carbonyl (C=O) groups is 1. The van der Waals surface area contributed by atoms with E-state index < -0.39 is 5.91 Å². The van der Waals surface area contributed by atoms with Crippen molar-refractivity contribution in [2.24, 2.45) is 0 Å². The van der Waals surface area contributed by atoms with Crippen LogP contribution in [0.15, 0.2) is 65.0 Å². The smallest absolute Gasteiger partial charge is 0.270 e. The molecule has 0 unspecified atom stereocenters. The summed E-state index contributed by atoms with van der Waals surface area (Å²) in [6, 6.07) is 12.4. The largest absolute Gasteiger partial charge is 0.497 e. The first-order valence-corrected chi connectivity index (χ1v) is 10.3. The lowest BCUT2D eigenvalue weighted by Gasteiger charge is -2.06. The fourth-order valence-electron chi connectivity index (χ4n) is 2.92. The minimum atomic E-state index is -0.430. The van der Waals surface area contributed by atoms with E-state index in [9.17, 15) is 9.59 Å². The highest BCUT2D eigenvalue weighted by atomic mass is 32.1. The third kappa shape index (κ3) is 5.20. The molecule has 0 aliphatic heterocycles. The molecule has 2 N–H and O–H groups in total. The van der Waals surface area contributed by atoms with Crippen molar-refractivity contribution in [2.75, 3.05) is 7.11 Å².